The molecule has 0 bridgehead atoms. The van der Waals surface area contributed by atoms with E-state index in [1.165, 1.54) is 12.8 Å². The zero-order chi connectivity index (χ0) is 15.0. The molecule has 3 N–H and O–H groups in total. The molecule has 1 aliphatic rings. The van der Waals surface area contributed by atoms with Crippen molar-refractivity contribution in [2.45, 2.75) is 58.0 Å². The molecule has 20 heavy (non-hydrogen) atoms. The van der Waals surface area contributed by atoms with Gasteiger partial charge in [-0.1, -0.05) is 19.8 Å². The molecule has 0 aromatic carbocycles. The number of likely N-dealkylation sites (tertiary alicyclic amines) is 1. The van der Waals surface area contributed by atoms with Gasteiger partial charge >= 0.3 is 12.0 Å². The lowest BCUT2D eigenvalue weighted by Crippen LogP contribution is -2.50. The molecule has 2 unspecified atom stereocenters. The van der Waals surface area contributed by atoms with Gasteiger partial charge in [0.05, 0.1) is 0 Å². The molecule has 0 spiro atoms. The zero-order valence-electron chi connectivity index (χ0n) is 12.5. The number of unbranched alkanes of at least 4 members (excludes halogenated alkanes) is 1. The largest absolute Gasteiger partial charge is 0.480 e. The number of carbonyl (C=O) groups is 2. The molecule has 0 radical (unpaired) electrons. The summed E-state index contributed by atoms with van der Waals surface area (Å²) in [6.45, 7) is 6.93. The molecular formula is C14H27N3O3. The van der Waals surface area contributed by atoms with Crippen LogP contribution in [0.1, 0.15) is 46.0 Å². The zero-order valence-corrected chi connectivity index (χ0v) is 12.5. The van der Waals surface area contributed by atoms with Crippen molar-refractivity contribution in [3.05, 3.63) is 0 Å². The predicted octanol–water partition coefficient (Wildman–Crippen LogP) is 1.41. The fourth-order valence-corrected chi connectivity index (χ4v) is 2.49. The molecule has 6 nitrogen and oxygen atoms in total. The van der Waals surface area contributed by atoms with Crippen molar-refractivity contribution in [1.82, 2.24) is 15.5 Å². The van der Waals surface area contributed by atoms with Gasteiger partial charge in [-0.15, -0.1) is 0 Å². The predicted molar refractivity (Wildman–Crippen MR) is 77.8 cm³/mol. The van der Waals surface area contributed by atoms with Crippen LogP contribution in [0.4, 0.5) is 4.79 Å². The summed E-state index contributed by atoms with van der Waals surface area (Å²) in [6, 6.07) is -1.16. The van der Waals surface area contributed by atoms with Crippen LogP contribution in [-0.2, 0) is 4.79 Å². The molecule has 0 aliphatic carbocycles. The molecule has 0 aromatic rings. The number of urea groups is 1. The average molecular weight is 285 g/mol. The van der Waals surface area contributed by atoms with Gasteiger partial charge in [-0.2, -0.15) is 0 Å². The first-order valence-corrected chi connectivity index (χ1v) is 7.55. The van der Waals surface area contributed by atoms with Crippen molar-refractivity contribution in [3.63, 3.8) is 0 Å². The highest BCUT2D eigenvalue weighted by Gasteiger charge is 2.21. The number of carboxylic acids is 1. The number of nitrogens with zero attached hydrogens (tertiary/aromatic N) is 1. The quantitative estimate of drug-likeness (QED) is 0.630. The molecule has 2 amide bonds. The number of aliphatic carboxylic acids is 1. The first-order valence-electron chi connectivity index (χ1n) is 7.55. The molecule has 2 atom stereocenters. The molecule has 1 aliphatic heterocycles. The third-order valence-electron chi connectivity index (χ3n) is 3.56. The van der Waals surface area contributed by atoms with E-state index < -0.39 is 12.0 Å². The van der Waals surface area contributed by atoms with Crippen LogP contribution in [0, 0.1) is 0 Å². The summed E-state index contributed by atoms with van der Waals surface area (Å²) < 4.78 is 0. The minimum Gasteiger partial charge on any atom is -0.480 e. The highest BCUT2D eigenvalue weighted by molar-refractivity contribution is 5.82. The molecule has 1 fully saturated rings. The second-order valence-electron chi connectivity index (χ2n) is 5.56. The standard InChI is InChI=1S/C14H27N3O3/c1-3-4-7-12(13(18)19)16-14(20)15-11(2)10-17-8-5-6-9-17/h11-12H,3-10H2,1-2H3,(H,18,19)(H2,15,16,20). The van der Waals surface area contributed by atoms with Gasteiger partial charge in [0.25, 0.3) is 0 Å². The van der Waals surface area contributed by atoms with Gasteiger partial charge < -0.3 is 20.6 Å². The number of rotatable bonds is 8. The molecule has 116 valence electrons. The molecule has 1 heterocycles. The maximum absolute atomic E-state index is 11.8. The van der Waals surface area contributed by atoms with Crippen LogP contribution in [-0.4, -0.2) is 53.7 Å². The normalized spacial score (nSPS) is 18.5. The van der Waals surface area contributed by atoms with E-state index in [4.69, 9.17) is 5.11 Å². The third kappa shape index (κ3) is 6.23. The Morgan fingerprint density at radius 2 is 1.90 bits per heavy atom. The van der Waals surface area contributed by atoms with Crippen molar-refractivity contribution in [1.29, 1.82) is 0 Å². The average Bonchev–Trinajstić information content (AvgIpc) is 2.86. The maximum Gasteiger partial charge on any atom is 0.326 e. The van der Waals surface area contributed by atoms with Gasteiger partial charge in [-0.05, 0) is 39.3 Å². The van der Waals surface area contributed by atoms with E-state index in [1.807, 2.05) is 13.8 Å². The SMILES string of the molecule is CCCCC(NC(=O)NC(C)CN1CCCC1)C(=O)O. The summed E-state index contributed by atoms with van der Waals surface area (Å²) in [6.07, 6.45) is 4.62. The Hall–Kier alpha value is -1.30. The number of hydrogen-bond donors (Lipinski definition) is 3. The Bertz CT molecular complexity index is 317. The molecule has 0 aromatic heterocycles. The van der Waals surface area contributed by atoms with Gasteiger partial charge in [-0.3, -0.25) is 0 Å². The first-order chi connectivity index (χ1) is 9.52. The number of amides is 2. The second-order valence-corrected chi connectivity index (χ2v) is 5.56. The summed E-state index contributed by atoms with van der Waals surface area (Å²) in [5.74, 6) is -0.971. The number of hydrogen-bond acceptors (Lipinski definition) is 3. The van der Waals surface area contributed by atoms with Gasteiger partial charge in [0.2, 0.25) is 0 Å². The summed E-state index contributed by atoms with van der Waals surface area (Å²) in [4.78, 5) is 25.2. The topological polar surface area (TPSA) is 81.7 Å². The van der Waals surface area contributed by atoms with Crippen LogP contribution in [0.5, 0.6) is 0 Å². The molecule has 1 rings (SSSR count). The molecular weight excluding hydrogens is 258 g/mol. The van der Waals surface area contributed by atoms with Crippen LogP contribution in [0.15, 0.2) is 0 Å². The summed E-state index contributed by atoms with van der Waals surface area (Å²) in [5.41, 5.74) is 0. The van der Waals surface area contributed by atoms with E-state index in [2.05, 4.69) is 15.5 Å². The molecule has 1 saturated heterocycles. The van der Waals surface area contributed by atoms with Crippen LogP contribution in [0.25, 0.3) is 0 Å². The third-order valence-corrected chi connectivity index (χ3v) is 3.56. The fourth-order valence-electron chi connectivity index (χ4n) is 2.49. The van der Waals surface area contributed by atoms with E-state index >= 15 is 0 Å². The van der Waals surface area contributed by atoms with E-state index in [0.717, 1.165) is 32.5 Å². The summed E-state index contributed by atoms with van der Waals surface area (Å²) >= 11 is 0. The van der Waals surface area contributed by atoms with Crippen molar-refractivity contribution < 1.29 is 14.7 Å². The fraction of sp³-hybridized carbons (Fsp3) is 0.857. The summed E-state index contributed by atoms with van der Waals surface area (Å²) in [7, 11) is 0. The second kappa shape index (κ2) is 8.79. The lowest BCUT2D eigenvalue weighted by Gasteiger charge is -2.22. The van der Waals surface area contributed by atoms with Crippen LogP contribution in [0.2, 0.25) is 0 Å². The lowest BCUT2D eigenvalue weighted by molar-refractivity contribution is -0.139. The van der Waals surface area contributed by atoms with Gasteiger partial charge in [0, 0.05) is 12.6 Å². The van der Waals surface area contributed by atoms with E-state index in [9.17, 15) is 9.59 Å². The molecule has 0 saturated carbocycles. The summed E-state index contributed by atoms with van der Waals surface area (Å²) in [5, 5.41) is 14.4. The van der Waals surface area contributed by atoms with Crippen molar-refractivity contribution in [2.24, 2.45) is 0 Å². The maximum atomic E-state index is 11.8. The van der Waals surface area contributed by atoms with E-state index in [0.29, 0.717) is 6.42 Å². The number of carbonyl (C=O) groups excluding carboxylic acids is 1. The van der Waals surface area contributed by atoms with Gasteiger partial charge in [0.15, 0.2) is 0 Å². The van der Waals surface area contributed by atoms with Crippen LogP contribution >= 0.6 is 0 Å². The Kier molecular flexibility index (Phi) is 7.36. The van der Waals surface area contributed by atoms with Gasteiger partial charge in [0.1, 0.15) is 6.04 Å². The Balaban J connectivity index is 2.30. The van der Waals surface area contributed by atoms with E-state index in [-0.39, 0.29) is 12.1 Å². The minimum absolute atomic E-state index is 0.0220. The Labute approximate surface area is 120 Å². The monoisotopic (exact) mass is 285 g/mol. The minimum atomic E-state index is -0.971. The Morgan fingerprint density at radius 3 is 2.45 bits per heavy atom. The highest BCUT2D eigenvalue weighted by Crippen LogP contribution is 2.07. The van der Waals surface area contributed by atoms with E-state index in [1.54, 1.807) is 0 Å². The van der Waals surface area contributed by atoms with Crippen molar-refractivity contribution in [3.8, 4) is 0 Å². The van der Waals surface area contributed by atoms with Crippen LogP contribution in [0.3, 0.4) is 0 Å². The Morgan fingerprint density at radius 1 is 1.25 bits per heavy atom. The van der Waals surface area contributed by atoms with Crippen molar-refractivity contribution >= 4 is 12.0 Å². The van der Waals surface area contributed by atoms with Gasteiger partial charge in [-0.25, -0.2) is 9.59 Å². The lowest BCUT2D eigenvalue weighted by atomic mass is 10.1. The highest BCUT2D eigenvalue weighted by atomic mass is 16.4. The smallest absolute Gasteiger partial charge is 0.326 e. The van der Waals surface area contributed by atoms with Crippen LogP contribution < -0.4 is 10.6 Å². The first kappa shape index (κ1) is 16.8. The number of carboxylic acid groups (broad SMARTS) is 1. The number of nitrogens with one attached hydrogen (secondary N) is 2. The van der Waals surface area contributed by atoms with Crippen molar-refractivity contribution in [2.75, 3.05) is 19.6 Å². The molecule has 6 heteroatoms.